The van der Waals surface area contributed by atoms with Gasteiger partial charge in [-0.05, 0) is 29.7 Å². The average Bonchev–Trinajstić information content (AvgIpc) is 3.07. The highest BCUT2D eigenvalue weighted by atomic mass is 32.1. The zero-order chi connectivity index (χ0) is 16.8. The summed E-state index contributed by atoms with van der Waals surface area (Å²) in [6.07, 6.45) is 1.19. The fourth-order valence-electron chi connectivity index (χ4n) is 2.36. The zero-order valence-corrected chi connectivity index (χ0v) is 14.3. The molecule has 5 nitrogen and oxygen atoms in total. The van der Waals surface area contributed by atoms with Crippen molar-refractivity contribution >= 4 is 27.4 Å². The van der Waals surface area contributed by atoms with E-state index < -0.39 is 6.10 Å². The highest BCUT2D eigenvalue weighted by Gasteiger charge is 2.12. The molecule has 124 valence electrons. The number of nitrogens with zero attached hydrogens (tertiary/aromatic N) is 2. The number of aliphatic imine (C=N–C) groups is 1. The smallest absolute Gasteiger partial charge is 0.191 e. The molecule has 0 aliphatic heterocycles. The van der Waals surface area contributed by atoms with Crippen LogP contribution in [0, 0.1) is 0 Å². The van der Waals surface area contributed by atoms with Crippen molar-refractivity contribution in [1.82, 2.24) is 15.6 Å². The minimum atomic E-state index is -0.573. The third kappa shape index (κ3) is 4.10. The molecule has 0 saturated heterocycles. The van der Waals surface area contributed by atoms with Gasteiger partial charge in [0.05, 0.1) is 12.2 Å². The molecule has 3 rings (SSSR count). The molecule has 0 amide bonds. The predicted molar refractivity (Wildman–Crippen MR) is 99.2 cm³/mol. The van der Waals surface area contributed by atoms with Crippen LogP contribution in [0.25, 0.3) is 10.1 Å². The first kappa shape index (κ1) is 16.4. The lowest BCUT2D eigenvalue weighted by Gasteiger charge is -2.14. The van der Waals surface area contributed by atoms with Crippen molar-refractivity contribution in [1.29, 1.82) is 0 Å². The second kappa shape index (κ2) is 7.90. The summed E-state index contributed by atoms with van der Waals surface area (Å²) in [6.45, 7) is 0.980. The highest BCUT2D eigenvalue weighted by Crippen LogP contribution is 2.29. The predicted octanol–water partition coefficient (Wildman–Crippen LogP) is 2.69. The van der Waals surface area contributed by atoms with Crippen molar-refractivity contribution in [3.63, 3.8) is 0 Å². The number of rotatable bonds is 5. The fraction of sp³-hybridized carbons (Fsp3) is 0.222. The number of guanidine groups is 1. The van der Waals surface area contributed by atoms with Crippen molar-refractivity contribution < 1.29 is 5.11 Å². The molecule has 3 N–H and O–H groups in total. The first-order valence-corrected chi connectivity index (χ1v) is 8.59. The lowest BCUT2D eigenvalue weighted by molar-refractivity contribution is 0.184. The number of hydrogen-bond acceptors (Lipinski definition) is 4. The van der Waals surface area contributed by atoms with Gasteiger partial charge in [0.2, 0.25) is 0 Å². The van der Waals surface area contributed by atoms with E-state index in [-0.39, 0.29) is 0 Å². The molecule has 24 heavy (non-hydrogen) atoms. The molecule has 0 saturated carbocycles. The first-order valence-electron chi connectivity index (χ1n) is 7.77. The van der Waals surface area contributed by atoms with Gasteiger partial charge in [-0.2, -0.15) is 0 Å². The van der Waals surface area contributed by atoms with Crippen LogP contribution >= 0.6 is 11.3 Å². The monoisotopic (exact) mass is 340 g/mol. The molecule has 3 aromatic rings. The number of aliphatic hydroxyl groups excluding tert-OH is 1. The van der Waals surface area contributed by atoms with Crippen LogP contribution in [0.3, 0.4) is 0 Å². The van der Waals surface area contributed by atoms with Gasteiger partial charge in [-0.3, -0.25) is 9.98 Å². The Bertz CT molecular complexity index is 783. The van der Waals surface area contributed by atoms with Gasteiger partial charge in [-0.25, -0.2) is 0 Å². The molecule has 0 aliphatic carbocycles. The third-order valence-electron chi connectivity index (χ3n) is 3.62. The average molecular weight is 340 g/mol. The molecular formula is C18H20N4OS. The molecule has 2 heterocycles. The summed E-state index contributed by atoms with van der Waals surface area (Å²) in [4.78, 5) is 9.38. The quantitative estimate of drug-likeness (QED) is 0.493. The Balaban J connectivity index is 1.55. The molecular weight excluding hydrogens is 320 g/mol. The molecule has 0 bridgehead atoms. The van der Waals surface area contributed by atoms with Crippen molar-refractivity contribution in [2.45, 2.75) is 12.6 Å². The highest BCUT2D eigenvalue weighted by molar-refractivity contribution is 7.19. The summed E-state index contributed by atoms with van der Waals surface area (Å²) in [6, 6.07) is 16.0. The summed E-state index contributed by atoms with van der Waals surface area (Å²) >= 11 is 1.61. The van der Waals surface area contributed by atoms with E-state index in [1.165, 1.54) is 4.70 Å². The Labute approximate surface area is 145 Å². The zero-order valence-electron chi connectivity index (χ0n) is 13.4. The maximum Gasteiger partial charge on any atom is 0.191 e. The summed E-state index contributed by atoms with van der Waals surface area (Å²) in [5.74, 6) is 0.640. The van der Waals surface area contributed by atoms with Gasteiger partial charge in [0.1, 0.15) is 6.10 Å². The van der Waals surface area contributed by atoms with Gasteiger partial charge >= 0.3 is 0 Å². The van der Waals surface area contributed by atoms with Crippen LogP contribution < -0.4 is 10.6 Å². The number of pyridine rings is 1. The molecule has 1 aromatic carbocycles. The summed E-state index contributed by atoms with van der Waals surface area (Å²) in [7, 11) is 1.71. The Kier molecular flexibility index (Phi) is 5.40. The molecule has 0 spiro atoms. The first-order chi connectivity index (χ1) is 11.8. The Morgan fingerprint density at radius 1 is 1.21 bits per heavy atom. The summed E-state index contributed by atoms with van der Waals surface area (Å²) in [5, 5.41) is 17.9. The van der Waals surface area contributed by atoms with E-state index in [1.54, 1.807) is 24.6 Å². The van der Waals surface area contributed by atoms with Gasteiger partial charge in [0.25, 0.3) is 0 Å². The van der Waals surface area contributed by atoms with Crippen LogP contribution in [-0.2, 0) is 6.54 Å². The second-order valence-corrected chi connectivity index (χ2v) is 6.45. The van der Waals surface area contributed by atoms with E-state index in [0.29, 0.717) is 19.0 Å². The minimum absolute atomic E-state index is 0.398. The van der Waals surface area contributed by atoms with E-state index in [2.05, 4.69) is 32.7 Å². The topological polar surface area (TPSA) is 69.5 Å². The maximum atomic E-state index is 10.4. The summed E-state index contributed by atoms with van der Waals surface area (Å²) in [5.41, 5.74) is 0.936. The van der Waals surface area contributed by atoms with Crippen LogP contribution in [0.4, 0.5) is 0 Å². The lowest BCUT2D eigenvalue weighted by atomic mass is 10.2. The van der Waals surface area contributed by atoms with Crippen molar-refractivity contribution in [2.24, 2.45) is 4.99 Å². The van der Waals surface area contributed by atoms with Crippen LogP contribution in [0.1, 0.15) is 16.7 Å². The van der Waals surface area contributed by atoms with Crippen LogP contribution in [0.2, 0.25) is 0 Å². The van der Waals surface area contributed by atoms with Crippen LogP contribution in [0.15, 0.2) is 59.7 Å². The molecule has 6 heteroatoms. The number of aromatic nitrogens is 1. The van der Waals surface area contributed by atoms with Crippen LogP contribution in [-0.4, -0.2) is 29.6 Å². The maximum absolute atomic E-state index is 10.4. The molecule has 0 aliphatic rings. The Morgan fingerprint density at radius 2 is 2.04 bits per heavy atom. The van der Waals surface area contributed by atoms with Gasteiger partial charge in [-0.15, -0.1) is 11.3 Å². The van der Waals surface area contributed by atoms with E-state index in [1.807, 2.05) is 36.4 Å². The third-order valence-corrected chi connectivity index (χ3v) is 4.84. The van der Waals surface area contributed by atoms with Gasteiger partial charge in [-0.1, -0.05) is 24.3 Å². The largest absolute Gasteiger partial charge is 0.386 e. The molecule has 2 aromatic heterocycles. The number of nitrogens with one attached hydrogen (secondary N) is 2. The van der Waals surface area contributed by atoms with E-state index in [0.717, 1.165) is 16.0 Å². The minimum Gasteiger partial charge on any atom is -0.386 e. The number of fused-ring (bicyclic) bond motifs is 1. The fourth-order valence-corrected chi connectivity index (χ4v) is 3.41. The van der Waals surface area contributed by atoms with Gasteiger partial charge in [0, 0.05) is 29.4 Å². The molecule has 1 atom stereocenters. The number of hydrogen-bond donors (Lipinski definition) is 3. The van der Waals surface area contributed by atoms with Gasteiger partial charge in [0.15, 0.2) is 5.96 Å². The number of thiophene rings is 1. The SMILES string of the molecule is CN=C(NCc1ccccn1)NCC(O)c1cc2ccccc2s1. The van der Waals surface area contributed by atoms with Crippen molar-refractivity contribution in [3.05, 3.63) is 65.3 Å². The Hall–Kier alpha value is -2.44. The lowest BCUT2D eigenvalue weighted by Crippen LogP contribution is -2.39. The number of aliphatic hydroxyl groups is 1. The second-order valence-electron chi connectivity index (χ2n) is 5.33. The molecule has 0 fully saturated rings. The van der Waals surface area contributed by atoms with Crippen LogP contribution in [0.5, 0.6) is 0 Å². The standard InChI is InChI=1S/C18H20N4OS/c1-19-18(21-11-14-7-4-5-9-20-14)22-12-15(23)17-10-13-6-2-3-8-16(13)24-17/h2-10,15,23H,11-12H2,1H3,(H2,19,21,22). The van der Waals surface area contributed by atoms with Gasteiger partial charge < -0.3 is 15.7 Å². The normalized spacial score (nSPS) is 13.0. The summed E-state index contributed by atoms with van der Waals surface area (Å²) < 4.78 is 1.18. The van der Waals surface area contributed by atoms with E-state index in [4.69, 9.17) is 0 Å². The Morgan fingerprint density at radius 3 is 2.79 bits per heavy atom. The number of benzene rings is 1. The van der Waals surface area contributed by atoms with Crippen molar-refractivity contribution in [3.8, 4) is 0 Å². The van der Waals surface area contributed by atoms with E-state index in [9.17, 15) is 5.11 Å². The molecule has 0 radical (unpaired) electrons. The molecule has 1 unspecified atom stereocenters. The van der Waals surface area contributed by atoms with E-state index >= 15 is 0 Å². The van der Waals surface area contributed by atoms with Crippen molar-refractivity contribution in [2.75, 3.05) is 13.6 Å².